The number of carbonyl (C=O) groups is 1. The van der Waals surface area contributed by atoms with Gasteiger partial charge in [-0.3, -0.25) is 14.2 Å². The molecule has 0 spiro atoms. The Morgan fingerprint density at radius 2 is 1.69 bits per heavy atom. The molecule has 5 heteroatoms. The number of benzene rings is 1. The van der Waals surface area contributed by atoms with Crippen molar-refractivity contribution in [3.05, 3.63) is 77.9 Å². The summed E-state index contributed by atoms with van der Waals surface area (Å²) in [6.07, 6.45) is 1.91. The summed E-state index contributed by atoms with van der Waals surface area (Å²) >= 11 is 0. The molecule has 1 amide bonds. The minimum atomic E-state index is -0.485. The highest BCUT2D eigenvalue weighted by molar-refractivity contribution is 5.93. The molecular weight excluding hydrogens is 324 g/mol. The average molecular weight is 342 g/mol. The van der Waals surface area contributed by atoms with Crippen LogP contribution in [-0.2, 0) is 0 Å². The number of nitrogens with zero attached hydrogens (tertiary/aromatic N) is 3. The lowest BCUT2D eigenvalue weighted by Crippen LogP contribution is -2.15. The number of pyridine rings is 2. The van der Waals surface area contributed by atoms with Crippen LogP contribution in [0.25, 0.3) is 28.0 Å². The van der Waals surface area contributed by atoms with Crippen molar-refractivity contribution in [2.24, 2.45) is 5.73 Å². The lowest BCUT2D eigenvalue weighted by molar-refractivity contribution is 0.0994. The summed E-state index contributed by atoms with van der Waals surface area (Å²) in [7, 11) is 0. The lowest BCUT2D eigenvalue weighted by Gasteiger charge is -2.11. The predicted molar refractivity (Wildman–Crippen MR) is 102 cm³/mol. The van der Waals surface area contributed by atoms with Crippen molar-refractivity contribution >= 4 is 11.6 Å². The Kier molecular flexibility index (Phi) is 3.77. The fourth-order valence-electron chi connectivity index (χ4n) is 3.27. The molecule has 128 valence electrons. The molecule has 0 bridgehead atoms. The van der Waals surface area contributed by atoms with E-state index >= 15 is 0 Å². The van der Waals surface area contributed by atoms with Gasteiger partial charge in [-0.2, -0.15) is 0 Å². The Labute approximate surface area is 151 Å². The number of hydrogen-bond donors (Lipinski definition) is 1. The highest BCUT2D eigenvalue weighted by Crippen LogP contribution is 2.31. The minimum Gasteiger partial charge on any atom is -0.364 e. The normalized spacial score (nSPS) is 11.0. The number of rotatable bonds is 3. The quantitative estimate of drug-likeness (QED) is 0.616. The molecule has 0 aliphatic carbocycles. The van der Waals surface area contributed by atoms with E-state index in [0.717, 1.165) is 28.1 Å². The van der Waals surface area contributed by atoms with Gasteiger partial charge in [0.15, 0.2) is 0 Å². The van der Waals surface area contributed by atoms with E-state index in [1.807, 2.05) is 61.7 Å². The standard InChI is InChI=1S/C21H18N4O/c1-13-6-5-9-18(23-13)17-8-4-3-7-16(17)15-10-11-19-24-14(2)20(21(22)26)25(19)12-15/h3-12H,1-2H3,(H2,22,26). The monoisotopic (exact) mass is 342 g/mol. The maximum Gasteiger partial charge on any atom is 0.267 e. The van der Waals surface area contributed by atoms with Crippen molar-refractivity contribution in [3.63, 3.8) is 0 Å². The Balaban J connectivity index is 1.94. The predicted octanol–water partition coefficient (Wildman–Crippen LogP) is 3.78. The summed E-state index contributed by atoms with van der Waals surface area (Å²) in [6, 6.07) is 18.0. The first kappa shape index (κ1) is 16.0. The van der Waals surface area contributed by atoms with Crippen LogP contribution in [-0.4, -0.2) is 20.3 Å². The van der Waals surface area contributed by atoms with Crippen LogP contribution in [0.1, 0.15) is 21.9 Å². The van der Waals surface area contributed by atoms with Crippen LogP contribution in [0.5, 0.6) is 0 Å². The first-order valence-electron chi connectivity index (χ1n) is 8.36. The van der Waals surface area contributed by atoms with Crippen LogP contribution in [0.2, 0.25) is 0 Å². The summed E-state index contributed by atoms with van der Waals surface area (Å²) in [5.41, 5.74) is 12.2. The molecule has 0 radical (unpaired) electrons. The summed E-state index contributed by atoms with van der Waals surface area (Å²) in [6.45, 7) is 3.77. The van der Waals surface area contributed by atoms with Gasteiger partial charge in [-0.25, -0.2) is 4.98 Å². The zero-order valence-corrected chi connectivity index (χ0v) is 14.6. The number of carbonyl (C=O) groups excluding carboxylic acids is 1. The molecule has 4 aromatic rings. The number of nitrogens with two attached hydrogens (primary N) is 1. The minimum absolute atomic E-state index is 0.410. The molecule has 0 saturated heterocycles. The third-order valence-corrected chi connectivity index (χ3v) is 4.43. The van der Waals surface area contributed by atoms with Gasteiger partial charge in [0.05, 0.1) is 11.4 Å². The van der Waals surface area contributed by atoms with Gasteiger partial charge in [0.1, 0.15) is 11.3 Å². The second kappa shape index (κ2) is 6.11. The number of imidazole rings is 1. The van der Waals surface area contributed by atoms with Crippen LogP contribution in [0.15, 0.2) is 60.8 Å². The van der Waals surface area contributed by atoms with E-state index in [1.165, 1.54) is 0 Å². The van der Waals surface area contributed by atoms with Crippen molar-refractivity contribution < 1.29 is 4.79 Å². The van der Waals surface area contributed by atoms with Crippen molar-refractivity contribution in [1.29, 1.82) is 0 Å². The van der Waals surface area contributed by atoms with Crippen molar-refractivity contribution in [1.82, 2.24) is 14.4 Å². The van der Waals surface area contributed by atoms with Crippen LogP contribution in [0.4, 0.5) is 0 Å². The van der Waals surface area contributed by atoms with E-state index in [4.69, 9.17) is 5.73 Å². The lowest BCUT2D eigenvalue weighted by atomic mass is 9.98. The van der Waals surface area contributed by atoms with Gasteiger partial charge in [0, 0.05) is 17.5 Å². The van der Waals surface area contributed by atoms with Crippen LogP contribution in [0, 0.1) is 13.8 Å². The number of fused-ring (bicyclic) bond motifs is 1. The maximum absolute atomic E-state index is 11.8. The van der Waals surface area contributed by atoms with Gasteiger partial charge < -0.3 is 5.73 Å². The summed E-state index contributed by atoms with van der Waals surface area (Å²) < 4.78 is 1.76. The van der Waals surface area contributed by atoms with Crippen molar-refractivity contribution in [2.75, 3.05) is 0 Å². The second-order valence-corrected chi connectivity index (χ2v) is 6.27. The average Bonchev–Trinajstić information content (AvgIpc) is 2.96. The molecule has 2 N–H and O–H groups in total. The molecule has 0 unspecified atom stereocenters. The van der Waals surface area contributed by atoms with Gasteiger partial charge >= 0.3 is 0 Å². The highest BCUT2D eigenvalue weighted by Gasteiger charge is 2.15. The molecule has 0 aliphatic rings. The Morgan fingerprint density at radius 3 is 2.42 bits per heavy atom. The van der Waals surface area contributed by atoms with E-state index in [1.54, 1.807) is 11.3 Å². The smallest absolute Gasteiger partial charge is 0.267 e. The number of amides is 1. The molecule has 26 heavy (non-hydrogen) atoms. The van der Waals surface area contributed by atoms with Gasteiger partial charge in [-0.15, -0.1) is 0 Å². The first-order valence-corrected chi connectivity index (χ1v) is 8.36. The molecule has 4 rings (SSSR count). The number of aromatic nitrogens is 3. The topological polar surface area (TPSA) is 73.3 Å². The third kappa shape index (κ3) is 2.63. The fourth-order valence-corrected chi connectivity index (χ4v) is 3.27. The summed E-state index contributed by atoms with van der Waals surface area (Å²) in [5, 5.41) is 0. The number of hydrogen-bond acceptors (Lipinski definition) is 3. The Bertz CT molecular complexity index is 1140. The number of primary amides is 1. The molecule has 0 aliphatic heterocycles. The van der Waals surface area contributed by atoms with Crippen LogP contribution in [0.3, 0.4) is 0 Å². The van der Waals surface area contributed by atoms with E-state index in [0.29, 0.717) is 17.0 Å². The third-order valence-electron chi connectivity index (χ3n) is 4.43. The SMILES string of the molecule is Cc1cccc(-c2ccccc2-c2ccc3nc(C)c(C(N)=O)n3c2)n1. The van der Waals surface area contributed by atoms with Gasteiger partial charge in [-0.1, -0.05) is 30.3 Å². The summed E-state index contributed by atoms with van der Waals surface area (Å²) in [4.78, 5) is 20.9. The van der Waals surface area contributed by atoms with Crippen molar-refractivity contribution in [2.45, 2.75) is 13.8 Å². The van der Waals surface area contributed by atoms with E-state index < -0.39 is 5.91 Å². The highest BCUT2D eigenvalue weighted by atomic mass is 16.1. The van der Waals surface area contributed by atoms with E-state index in [2.05, 4.69) is 16.0 Å². The Morgan fingerprint density at radius 1 is 0.923 bits per heavy atom. The molecule has 5 nitrogen and oxygen atoms in total. The maximum atomic E-state index is 11.8. The molecule has 0 saturated carbocycles. The second-order valence-electron chi connectivity index (χ2n) is 6.27. The molecule has 3 heterocycles. The molecule has 3 aromatic heterocycles. The Hall–Kier alpha value is -3.47. The van der Waals surface area contributed by atoms with Crippen molar-refractivity contribution in [3.8, 4) is 22.4 Å². The zero-order chi connectivity index (χ0) is 18.3. The van der Waals surface area contributed by atoms with Crippen LogP contribution >= 0.6 is 0 Å². The van der Waals surface area contributed by atoms with Gasteiger partial charge in [0.25, 0.3) is 5.91 Å². The fraction of sp³-hybridized carbons (Fsp3) is 0.0952. The van der Waals surface area contributed by atoms with E-state index in [9.17, 15) is 4.79 Å². The number of aryl methyl sites for hydroxylation is 2. The van der Waals surface area contributed by atoms with Crippen LogP contribution < -0.4 is 5.73 Å². The summed E-state index contributed by atoms with van der Waals surface area (Å²) in [5.74, 6) is -0.485. The van der Waals surface area contributed by atoms with E-state index in [-0.39, 0.29) is 0 Å². The zero-order valence-electron chi connectivity index (χ0n) is 14.6. The first-order chi connectivity index (χ1) is 12.5. The molecule has 0 fully saturated rings. The van der Waals surface area contributed by atoms with Gasteiger partial charge in [0.2, 0.25) is 0 Å². The molecule has 0 atom stereocenters. The van der Waals surface area contributed by atoms with Gasteiger partial charge in [-0.05, 0) is 49.2 Å². The molecule has 1 aromatic carbocycles. The molecular formula is C21H18N4O. The largest absolute Gasteiger partial charge is 0.364 e.